The molecule has 2 atom stereocenters. The number of pyridine rings is 1. The first-order valence-corrected chi connectivity index (χ1v) is 13.2. The predicted octanol–water partition coefficient (Wildman–Crippen LogP) is 3.03. The second kappa shape index (κ2) is 11.9. The molecule has 2 fully saturated rings. The molecule has 0 radical (unpaired) electrons. The molecule has 3 aliphatic rings. The molecule has 0 bridgehead atoms. The molecule has 37 heavy (non-hydrogen) atoms. The van der Waals surface area contributed by atoms with Crippen LogP contribution in [0, 0.1) is 0 Å². The van der Waals surface area contributed by atoms with Crippen LogP contribution in [-0.4, -0.2) is 82.6 Å². The van der Waals surface area contributed by atoms with Crippen LogP contribution in [0.25, 0.3) is 0 Å². The summed E-state index contributed by atoms with van der Waals surface area (Å²) < 4.78 is 7.65. The lowest BCUT2D eigenvalue weighted by Gasteiger charge is -2.39. The maximum atomic E-state index is 12.4. The van der Waals surface area contributed by atoms with Crippen molar-refractivity contribution in [1.82, 2.24) is 14.8 Å². The Hall–Kier alpha value is -3.25. The summed E-state index contributed by atoms with van der Waals surface area (Å²) in [5.74, 6) is 0. The first-order valence-electron chi connectivity index (χ1n) is 12.5. The molecule has 10 nitrogen and oxygen atoms in total. The van der Waals surface area contributed by atoms with Gasteiger partial charge in [0.1, 0.15) is 0 Å². The van der Waals surface area contributed by atoms with Gasteiger partial charge in [-0.2, -0.15) is 0 Å². The number of likely N-dealkylation sites (tertiary alicyclic amines) is 1. The highest BCUT2D eigenvalue weighted by Crippen LogP contribution is 2.39. The molecular formula is C26H32N6O4S. The highest BCUT2D eigenvalue weighted by atomic mass is 32.2. The van der Waals surface area contributed by atoms with E-state index in [4.69, 9.17) is 4.74 Å². The van der Waals surface area contributed by atoms with Crippen molar-refractivity contribution in [3.8, 4) is 0 Å². The number of aromatic nitrogens is 1. The van der Waals surface area contributed by atoms with Gasteiger partial charge in [-0.25, -0.2) is 4.79 Å². The fourth-order valence-corrected chi connectivity index (χ4v) is 5.86. The van der Waals surface area contributed by atoms with E-state index in [2.05, 4.69) is 42.0 Å². The average Bonchev–Trinajstić information content (AvgIpc) is 3.37. The van der Waals surface area contributed by atoms with Gasteiger partial charge in [0.15, 0.2) is 0 Å². The molecule has 0 aliphatic carbocycles. The Morgan fingerprint density at radius 3 is 2.22 bits per heavy atom. The minimum absolute atomic E-state index is 0.0268. The standard InChI is InChI=1S/C26H32N6O4S/c33-17-22-5-6-23(18-34)32(22)24-15-25(30-11-13-36-14-12-30)37-31(16-24)21-3-1-19(2-4-21)28-26(35)29-20-7-9-27-10-8-20/h1-4,7-10,15-16,22-23,33-34H,5-6,11-14,17-18H2,(H2,27,28,29,35). The van der Waals surface area contributed by atoms with Gasteiger partial charge in [-0.15, -0.1) is 0 Å². The number of urea groups is 1. The number of nitrogens with one attached hydrogen (secondary N) is 2. The van der Waals surface area contributed by atoms with Gasteiger partial charge in [-0.05, 0) is 55.3 Å². The summed E-state index contributed by atoms with van der Waals surface area (Å²) in [6.45, 7) is 3.07. The largest absolute Gasteiger partial charge is 0.394 e. The van der Waals surface area contributed by atoms with E-state index >= 15 is 0 Å². The van der Waals surface area contributed by atoms with Gasteiger partial charge in [-0.1, -0.05) is 0 Å². The van der Waals surface area contributed by atoms with E-state index < -0.39 is 0 Å². The number of nitrogens with zero attached hydrogens (tertiary/aromatic N) is 4. The summed E-state index contributed by atoms with van der Waals surface area (Å²) in [5, 5.41) is 26.8. The third-order valence-corrected chi connectivity index (χ3v) is 7.77. The van der Waals surface area contributed by atoms with Crippen molar-refractivity contribution in [2.75, 3.05) is 54.5 Å². The van der Waals surface area contributed by atoms with E-state index in [1.807, 2.05) is 24.3 Å². The van der Waals surface area contributed by atoms with Crippen LogP contribution >= 0.6 is 11.9 Å². The average molecular weight is 525 g/mol. The van der Waals surface area contributed by atoms with Crippen LogP contribution in [0.2, 0.25) is 0 Å². The Bertz CT molecular complexity index is 1110. The molecule has 0 spiro atoms. The highest BCUT2D eigenvalue weighted by molar-refractivity contribution is 8.04. The zero-order valence-corrected chi connectivity index (χ0v) is 21.3. The van der Waals surface area contributed by atoms with Crippen LogP contribution in [-0.2, 0) is 4.74 Å². The smallest absolute Gasteiger partial charge is 0.323 e. The Balaban J connectivity index is 1.35. The Labute approximate surface area is 220 Å². The van der Waals surface area contributed by atoms with Gasteiger partial charge in [0.25, 0.3) is 0 Å². The maximum absolute atomic E-state index is 12.4. The summed E-state index contributed by atoms with van der Waals surface area (Å²) in [4.78, 5) is 20.8. The SMILES string of the molecule is O=C(Nc1ccncc1)Nc1ccc(N2C=C(N3C(CO)CCC3CO)C=C(N3CCOCC3)S2)cc1. The summed E-state index contributed by atoms with van der Waals surface area (Å²) in [6.07, 6.45) is 9.14. The van der Waals surface area contributed by atoms with Crippen molar-refractivity contribution < 1.29 is 19.7 Å². The van der Waals surface area contributed by atoms with Gasteiger partial charge in [0.05, 0.1) is 54.9 Å². The third kappa shape index (κ3) is 6.02. The minimum atomic E-state index is -0.329. The van der Waals surface area contributed by atoms with Crippen molar-refractivity contribution in [2.45, 2.75) is 24.9 Å². The van der Waals surface area contributed by atoms with Gasteiger partial charge < -0.3 is 35.4 Å². The monoisotopic (exact) mass is 524 g/mol. The van der Waals surface area contributed by atoms with Gasteiger partial charge in [0.2, 0.25) is 0 Å². The summed E-state index contributed by atoms with van der Waals surface area (Å²) in [5.41, 5.74) is 3.25. The lowest BCUT2D eigenvalue weighted by Crippen LogP contribution is -2.41. The van der Waals surface area contributed by atoms with Crippen LogP contribution in [0.15, 0.2) is 71.8 Å². The maximum Gasteiger partial charge on any atom is 0.323 e. The van der Waals surface area contributed by atoms with E-state index in [1.54, 1.807) is 36.5 Å². The Morgan fingerprint density at radius 1 is 0.973 bits per heavy atom. The number of amides is 2. The van der Waals surface area contributed by atoms with E-state index in [1.165, 1.54) is 0 Å². The molecular weight excluding hydrogens is 492 g/mol. The van der Waals surface area contributed by atoms with Crippen LogP contribution in [0.3, 0.4) is 0 Å². The molecule has 2 aromatic rings. The van der Waals surface area contributed by atoms with Crippen molar-refractivity contribution in [1.29, 1.82) is 0 Å². The molecule has 4 heterocycles. The number of ether oxygens (including phenoxy) is 1. The van der Waals surface area contributed by atoms with Crippen LogP contribution in [0.4, 0.5) is 21.9 Å². The fraction of sp³-hybridized carbons (Fsp3) is 0.385. The van der Waals surface area contributed by atoms with E-state index in [9.17, 15) is 15.0 Å². The number of anilines is 3. The molecule has 1 aromatic heterocycles. The lowest BCUT2D eigenvalue weighted by molar-refractivity contribution is 0.0574. The number of benzene rings is 1. The zero-order chi connectivity index (χ0) is 25.6. The molecule has 5 rings (SSSR count). The second-order valence-corrected chi connectivity index (χ2v) is 10.1. The minimum Gasteiger partial charge on any atom is -0.394 e. The number of aliphatic hydroxyl groups is 2. The molecule has 2 amide bonds. The normalized spacial score (nSPS) is 21.9. The number of hydrogen-bond donors (Lipinski definition) is 4. The number of morpholine rings is 1. The van der Waals surface area contributed by atoms with Crippen LogP contribution in [0.1, 0.15) is 12.8 Å². The summed E-state index contributed by atoms with van der Waals surface area (Å²) in [7, 11) is 0. The predicted molar refractivity (Wildman–Crippen MR) is 145 cm³/mol. The molecule has 11 heteroatoms. The van der Waals surface area contributed by atoms with E-state index in [0.29, 0.717) is 24.6 Å². The number of rotatable bonds is 7. The van der Waals surface area contributed by atoms with Crippen molar-refractivity contribution in [3.05, 3.63) is 71.8 Å². The lowest BCUT2D eigenvalue weighted by atomic mass is 10.2. The third-order valence-electron chi connectivity index (χ3n) is 6.69. The molecule has 3 aliphatic heterocycles. The number of allylic oxidation sites excluding steroid dienone is 1. The Kier molecular flexibility index (Phi) is 8.15. The molecule has 196 valence electrons. The number of hydrogen-bond acceptors (Lipinski definition) is 9. The molecule has 2 saturated heterocycles. The van der Waals surface area contributed by atoms with E-state index in [0.717, 1.165) is 42.3 Å². The van der Waals surface area contributed by atoms with Crippen molar-refractivity contribution in [3.63, 3.8) is 0 Å². The number of carbonyl (C=O) groups is 1. The number of carbonyl (C=O) groups excluding carboxylic acids is 1. The van der Waals surface area contributed by atoms with Crippen LogP contribution in [0.5, 0.6) is 0 Å². The summed E-state index contributed by atoms with van der Waals surface area (Å²) >= 11 is 1.62. The van der Waals surface area contributed by atoms with Crippen LogP contribution < -0.4 is 14.9 Å². The first kappa shape index (κ1) is 25.4. The summed E-state index contributed by atoms with van der Waals surface area (Å²) in [6, 6.07) is 10.7. The second-order valence-electron chi connectivity index (χ2n) is 9.07. The van der Waals surface area contributed by atoms with Gasteiger partial charge >= 0.3 is 6.03 Å². The Morgan fingerprint density at radius 2 is 1.59 bits per heavy atom. The van der Waals surface area contributed by atoms with Crippen molar-refractivity contribution >= 4 is 35.0 Å². The van der Waals surface area contributed by atoms with Crippen molar-refractivity contribution in [2.24, 2.45) is 0 Å². The van der Waals surface area contributed by atoms with Gasteiger partial charge in [0, 0.05) is 55.0 Å². The molecule has 1 aromatic carbocycles. The molecule has 4 N–H and O–H groups in total. The first-order chi connectivity index (χ1) is 18.1. The molecule has 2 unspecified atom stereocenters. The van der Waals surface area contributed by atoms with E-state index in [-0.39, 0.29) is 31.3 Å². The zero-order valence-electron chi connectivity index (χ0n) is 20.5. The molecule has 0 saturated carbocycles. The topological polar surface area (TPSA) is 113 Å². The quantitative estimate of drug-likeness (QED) is 0.406. The van der Waals surface area contributed by atoms with Gasteiger partial charge in [-0.3, -0.25) is 9.29 Å². The number of aliphatic hydroxyl groups excluding tert-OH is 2. The fourth-order valence-electron chi connectivity index (χ4n) is 4.80. The highest BCUT2D eigenvalue weighted by Gasteiger charge is 2.35.